The van der Waals surface area contributed by atoms with E-state index in [0.717, 1.165) is 18.7 Å². The summed E-state index contributed by atoms with van der Waals surface area (Å²) < 4.78 is 1.39. The predicted octanol–water partition coefficient (Wildman–Crippen LogP) is 3.04. The number of hydrogen-bond donors (Lipinski definition) is 2. The van der Waals surface area contributed by atoms with Crippen molar-refractivity contribution in [1.82, 2.24) is 24.8 Å². The summed E-state index contributed by atoms with van der Waals surface area (Å²) in [5.74, 6) is -0.336. The molecule has 0 bridgehead atoms. The molecule has 2 aromatic heterocycles. The van der Waals surface area contributed by atoms with E-state index in [9.17, 15) is 14.4 Å². The van der Waals surface area contributed by atoms with Crippen molar-refractivity contribution in [1.29, 1.82) is 0 Å². The maximum atomic E-state index is 13.4. The first-order chi connectivity index (χ1) is 15.8. The summed E-state index contributed by atoms with van der Waals surface area (Å²) in [7, 11) is 0. The summed E-state index contributed by atoms with van der Waals surface area (Å²) >= 11 is 0. The molecule has 0 fully saturated rings. The summed E-state index contributed by atoms with van der Waals surface area (Å²) in [6, 6.07) is 11.7. The minimum Gasteiger partial charge on any atom is -0.350 e. The van der Waals surface area contributed by atoms with E-state index in [-0.39, 0.29) is 34.5 Å². The maximum Gasteiger partial charge on any atom is 0.329 e. The first kappa shape index (κ1) is 24.4. The summed E-state index contributed by atoms with van der Waals surface area (Å²) in [5.41, 5.74) is 1.12. The molecule has 0 saturated heterocycles. The summed E-state index contributed by atoms with van der Waals surface area (Å²) in [6.45, 7) is 12.3. The van der Waals surface area contributed by atoms with Crippen molar-refractivity contribution in [3.05, 3.63) is 74.1 Å². The minimum atomic E-state index is -0.601. The van der Waals surface area contributed by atoms with Crippen LogP contribution in [-0.2, 0) is 6.54 Å². The molecule has 8 heteroatoms. The molecule has 0 aliphatic carbocycles. The number of nitrogens with one attached hydrogen (secondary N) is 2. The second-order valence-electron chi connectivity index (χ2n) is 8.31. The topological polar surface area (TPSA) is 100 Å². The highest BCUT2D eigenvalue weighted by atomic mass is 16.2. The van der Waals surface area contributed by atoms with Crippen molar-refractivity contribution >= 4 is 16.9 Å². The lowest BCUT2D eigenvalue weighted by Gasteiger charge is -2.30. The quantitative estimate of drug-likeness (QED) is 0.521. The maximum absolute atomic E-state index is 13.4. The van der Waals surface area contributed by atoms with Gasteiger partial charge in [-0.3, -0.25) is 24.0 Å². The number of nitrogens with zero attached hydrogens (tertiary/aromatic N) is 3. The molecule has 1 atom stereocenters. The van der Waals surface area contributed by atoms with E-state index < -0.39 is 11.2 Å². The van der Waals surface area contributed by atoms with Gasteiger partial charge in [0.2, 0.25) is 0 Å². The summed E-state index contributed by atoms with van der Waals surface area (Å²) in [6.07, 6.45) is 0. The first-order valence-corrected chi connectivity index (χ1v) is 11.6. The molecule has 0 spiro atoms. The van der Waals surface area contributed by atoms with Crippen LogP contribution in [0, 0.1) is 0 Å². The standard InChI is InChI=1S/C25H33N5O3/c1-6-29(7-2)20(17-12-10-9-11-13-17)15-26-23(31)18-14-19(16(4)5)27-22-21(18)24(32)28-25(33)30(22)8-3/h9-14,16,20H,6-8,15H2,1-5H3,(H,26,31)(H,28,32,33). The van der Waals surface area contributed by atoms with Gasteiger partial charge in [-0.05, 0) is 37.6 Å². The number of carbonyl (C=O) groups excluding carboxylic acids is 1. The number of pyridine rings is 1. The fourth-order valence-corrected chi connectivity index (χ4v) is 4.14. The van der Waals surface area contributed by atoms with Crippen LogP contribution in [0.2, 0.25) is 0 Å². The fourth-order valence-electron chi connectivity index (χ4n) is 4.14. The lowest BCUT2D eigenvalue weighted by atomic mass is 10.0. The van der Waals surface area contributed by atoms with Crippen molar-refractivity contribution in [2.45, 2.75) is 53.1 Å². The van der Waals surface area contributed by atoms with E-state index in [0.29, 0.717) is 18.8 Å². The SMILES string of the molecule is CCN(CC)C(CNC(=O)c1cc(C(C)C)nc2c1c(=O)[nH]c(=O)n2CC)c1ccccc1. The molecule has 176 valence electrons. The molecule has 0 saturated carbocycles. The molecule has 1 amide bonds. The van der Waals surface area contributed by atoms with Gasteiger partial charge < -0.3 is 5.32 Å². The Kier molecular flexibility index (Phi) is 7.81. The Morgan fingerprint density at radius 1 is 1.12 bits per heavy atom. The van der Waals surface area contributed by atoms with Crippen LogP contribution in [0.15, 0.2) is 46.0 Å². The Morgan fingerprint density at radius 2 is 1.79 bits per heavy atom. The predicted molar refractivity (Wildman–Crippen MR) is 131 cm³/mol. The molecule has 1 aromatic carbocycles. The van der Waals surface area contributed by atoms with Crippen molar-refractivity contribution in [2.24, 2.45) is 0 Å². The molecule has 8 nitrogen and oxygen atoms in total. The molecule has 33 heavy (non-hydrogen) atoms. The molecule has 3 aromatic rings. The van der Waals surface area contributed by atoms with E-state index in [1.54, 1.807) is 13.0 Å². The molecule has 1 unspecified atom stereocenters. The van der Waals surface area contributed by atoms with Crippen LogP contribution in [0.4, 0.5) is 0 Å². The van der Waals surface area contributed by atoms with E-state index in [2.05, 4.69) is 46.2 Å². The second kappa shape index (κ2) is 10.6. The molecule has 3 rings (SSSR count). The second-order valence-corrected chi connectivity index (χ2v) is 8.31. The highest BCUT2D eigenvalue weighted by Gasteiger charge is 2.23. The molecule has 2 N–H and O–H groups in total. The van der Waals surface area contributed by atoms with E-state index in [1.807, 2.05) is 32.0 Å². The van der Waals surface area contributed by atoms with Gasteiger partial charge in [-0.2, -0.15) is 0 Å². The Morgan fingerprint density at radius 3 is 2.36 bits per heavy atom. The lowest BCUT2D eigenvalue weighted by Crippen LogP contribution is -2.39. The number of aromatic nitrogens is 3. The number of H-pyrrole nitrogens is 1. The van der Waals surface area contributed by atoms with Crippen LogP contribution in [0.1, 0.15) is 68.2 Å². The zero-order chi connectivity index (χ0) is 24.1. The van der Waals surface area contributed by atoms with Gasteiger partial charge in [0.15, 0.2) is 5.65 Å². The zero-order valence-corrected chi connectivity index (χ0v) is 20.0. The Hall–Kier alpha value is -3.26. The third-order valence-corrected chi connectivity index (χ3v) is 6.01. The van der Waals surface area contributed by atoms with Crippen LogP contribution >= 0.6 is 0 Å². The number of rotatable bonds is 9. The number of hydrogen-bond acceptors (Lipinski definition) is 5. The van der Waals surface area contributed by atoms with Gasteiger partial charge in [-0.25, -0.2) is 9.78 Å². The molecule has 2 heterocycles. The first-order valence-electron chi connectivity index (χ1n) is 11.6. The fraction of sp³-hybridized carbons (Fsp3) is 0.440. The number of aromatic amines is 1. The zero-order valence-electron chi connectivity index (χ0n) is 20.0. The van der Waals surface area contributed by atoms with Crippen LogP contribution in [-0.4, -0.2) is 45.0 Å². The molecular weight excluding hydrogens is 418 g/mol. The van der Waals surface area contributed by atoms with Crippen molar-refractivity contribution in [2.75, 3.05) is 19.6 Å². The largest absolute Gasteiger partial charge is 0.350 e. The van der Waals surface area contributed by atoms with Crippen LogP contribution < -0.4 is 16.6 Å². The van der Waals surface area contributed by atoms with E-state index >= 15 is 0 Å². The number of aryl methyl sites for hydroxylation is 1. The van der Waals surface area contributed by atoms with Crippen molar-refractivity contribution in [3.8, 4) is 0 Å². The summed E-state index contributed by atoms with van der Waals surface area (Å²) in [5, 5.41) is 3.17. The van der Waals surface area contributed by atoms with Gasteiger partial charge in [0.1, 0.15) is 0 Å². The van der Waals surface area contributed by atoms with Gasteiger partial charge in [0, 0.05) is 18.8 Å². The summed E-state index contributed by atoms with van der Waals surface area (Å²) in [4.78, 5) is 47.6. The number of carbonyl (C=O) groups is 1. The number of fused-ring (bicyclic) bond motifs is 1. The highest BCUT2D eigenvalue weighted by molar-refractivity contribution is 6.05. The van der Waals surface area contributed by atoms with Crippen molar-refractivity contribution < 1.29 is 4.79 Å². The van der Waals surface area contributed by atoms with Gasteiger partial charge in [0.25, 0.3) is 11.5 Å². The number of likely N-dealkylation sites (N-methyl/N-ethyl adjacent to an activating group) is 1. The minimum absolute atomic E-state index is 0.00470. The smallest absolute Gasteiger partial charge is 0.329 e. The third kappa shape index (κ3) is 5.06. The molecule has 0 radical (unpaired) electrons. The van der Waals surface area contributed by atoms with Crippen LogP contribution in [0.5, 0.6) is 0 Å². The van der Waals surface area contributed by atoms with Gasteiger partial charge in [-0.1, -0.05) is 58.0 Å². The monoisotopic (exact) mass is 451 g/mol. The highest BCUT2D eigenvalue weighted by Crippen LogP contribution is 2.22. The normalized spacial score (nSPS) is 12.5. The lowest BCUT2D eigenvalue weighted by molar-refractivity contribution is 0.0936. The van der Waals surface area contributed by atoms with Gasteiger partial charge >= 0.3 is 5.69 Å². The van der Waals surface area contributed by atoms with E-state index in [4.69, 9.17) is 0 Å². The Labute approximate surface area is 193 Å². The van der Waals surface area contributed by atoms with Gasteiger partial charge in [0.05, 0.1) is 17.0 Å². The van der Waals surface area contributed by atoms with E-state index in [1.165, 1.54) is 4.57 Å². The molecule has 0 aliphatic heterocycles. The Balaban J connectivity index is 2.05. The van der Waals surface area contributed by atoms with Crippen LogP contribution in [0.3, 0.4) is 0 Å². The molecular formula is C25H33N5O3. The average molecular weight is 452 g/mol. The average Bonchev–Trinajstić information content (AvgIpc) is 2.81. The number of amides is 1. The third-order valence-electron chi connectivity index (χ3n) is 6.01. The number of benzene rings is 1. The van der Waals surface area contributed by atoms with Gasteiger partial charge in [-0.15, -0.1) is 0 Å². The Bertz CT molecular complexity index is 1230. The van der Waals surface area contributed by atoms with Crippen LogP contribution in [0.25, 0.3) is 11.0 Å². The molecule has 0 aliphatic rings. The van der Waals surface area contributed by atoms with Crippen molar-refractivity contribution in [3.63, 3.8) is 0 Å².